The molecule has 3 heteroatoms. The van der Waals surface area contributed by atoms with Gasteiger partial charge >= 0.3 is 5.97 Å². The maximum atomic E-state index is 10.8. The minimum absolute atomic E-state index is 0.234. The SMILES string of the molecule is CN1[C@@H]2C=CC(C(=O)O)[C@H]1CC2. The van der Waals surface area contributed by atoms with Gasteiger partial charge in [-0.3, -0.25) is 9.69 Å². The molecular formula is C9H13NO2. The van der Waals surface area contributed by atoms with Gasteiger partial charge < -0.3 is 5.11 Å². The first-order chi connectivity index (χ1) is 5.70. The number of fused-ring (bicyclic) bond motifs is 2. The van der Waals surface area contributed by atoms with Crippen LogP contribution in [0.1, 0.15) is 12.8 Å². The highest BCUT2D eigenvalue weighted by Crippen LogP contribution is 2.33. The molecule has 1 saturated heterocycles. The molecule has 2 heterocycles. The number of likely N-dealkylation sites (N-methyl/N-ethyl adjacent to an activating group) is 1. The third-order valence-electron chi connectivity index (χ3n) is 3.04. The fraction of sp³-hybridized carbons (Fsp3) is 0.667. The number of rotatable bonds is 1. The van der Waals surface area contributed by atoms with Gasteiger partial charge in [0, 0.05) is 12.1 Å². The monoisotopic (exact) mass is 167 g/mol. The predicted octanol–water partition coefficient (Wildman–Crippen LogP) is 0.720. The van der Waals surface area contributed by atoms with Crippen LogP contribution in [0.4, 0.5) is 0 Å². The quantitative estimate of drug-likeness (QED) is 0.585. The molecule has 1 N–H and O–H groups in total. The van der Waals surface area contributed by atoms with Crippen molar-refractivity contribution in [2.75, 3.05) is 7.05 Å². The van der Waals surface area contributed by atoms with Crippen LogP contribution in [0.3, 0.4) is 0 Å². The lowest BCUT2D eigenvalue weighted by Gasteiger charge is -2.30. The molecule has 1 unspecified atom stereocenters. The van der Waals surface area contributed by atoms with Crippen LogP contribution in [0.25, 0.3) is 0 Å². The maximum absolute atomic E-state index is 10.8. The van der Waals surface area contributed by atoms with Crippen molar-refractivity contribution in [3.05, 3.63) is 12.2 Å². The number of nitrogens with zero attached hydrogens (tertiary/aromatic N) is 1. The van der Waals surface area contributed by atoms with Gasteiger partial charge in [-0.1, -0.05) is 12.2 Å². The number of carboxylic acids is 1. The molecule has 0 aliphatic carbocycles. The highest BCUT2D eigenvalue weighted by molar-refractivity contribution is 5.73. The van der Waals surface area contributed by atoms with Crippen LogP contribution in [0, 0.1) is 5.92 Å². The van der Waals surface area contributed by atoms with Crippen molar-refractivity contribution in [3.8, 4) is 0 Å². The zero-order valence-corrected chi connectivity index (χ0v) is 7.10. The number of hydrogen-bond acceptors (Lipinski definition) is 2. The smallest absolute Gasteiger partial charge is 0.311 e. The molecule has 2 aliphatic rings. The Kier molecular flexibility index (Phi) is 1.68. The van der Waals surface area contributed by atoms with E-state index in [1.807, 2.05) is 19.2 Å². The van der Waals surface area contributed by atoms with Crippen molar-refractivity contribution in [3.63, 3.8) is 0 Å². The van der Waals surface area contributed by atoms with Crippen molar-refractivity contribution >= 4 is 5.97 Å². The summed E-state index contributed by atoms with van der Waals surface area (Å²) in [6.07, 6.45) is 6.01. The van der Waals surface area contributed by atoms with E-state index in [0.29, 0.717) is 6.04 Å². The summed E-state index contributed by atoms with van der Waals surface area (Å²) in [7, 11) is 2.02. The highest BCUT2D eigenvalue weighted by atomic mass is 16.4. The van der Waals surface area contributed by atoms with Gasteiger partial charge in [-0.05, 0) is 19.9 Å². The lowest BCUT2D eigenvalue weighted by Crippen LogP contribution is -2.41. The van der Waals surface area contributed by atoms with E-state index in [1.54, 1.807) is 0 Å². The number of carbonyl (C=O) groups is 1. The zero-order valence-electron chi connectivity index (χ0n) is 7.10. The Labute approximate surface area is 71.7 Å². The molecule has 2 rings (SSSR count). The van der Waals surface area contributed by atoms with Gasteiger partial charge in [-0.2, -0.15) is 0 Å². The van der Waals surface area contributed by atoms with E-state index < -0.39 is 5.97 Å². The van der Waals surface area contributed by atoms with Crippen molar-refractivity contribution in [2.45, 2.75) is 24.9 Å². The fourth-order valence-corrected chi connectivity index (χ4v) is 2.28. The topological polar surface area (TPSA) is 40.5 Å². The molecule has 2 aliphatic heterocycles. The second-order valence-electron chi connectivity index (χ2n) is 3.63. The summed E-state index contributed by atoms with van der Waals surface area (Å²) in [5.74, 6) is -0.975. The van der Waals surface area contributed by atoms with Gasteiger partial charge in [0.05, 0.1) is 5.92 Å². The Balaban J connectivity index is 2.24. The molecule has 3 atom stereocenters. The average molecular weight is 167 g/mol. The lowest BCUT2D eigenvalue weighted by molar-refractivity contribution is -0.142. The lowest BCUT2D eigenvalue weighted by atomic mass is 9.97. The Morgan fingerprint density at radius 3 is 2.92 bits per heavy atom. The largest absolute Gasteiger partial charge is 0.481 e. The Morgan fingerprint density at radius 1 is 1.50 bits per heavy atom. The number of hydrogen-bond donors (Lipinski definition) is 1. The Morgan fingerprint density at radius 2 is 2.25 bits per heavy atom. The van der Waals surface area contributed by atoms with Crippen LogP contribution < -0.4 is 0 Å². The molecule has 0 aromatic carbocycles. The van der Waals surface area contributed by atoms with E-state index in [2.05, 4.69) is 4.90 Å². The second-order valence-corrected chi connectivity index (χ2v) is 3.63. The summed E-state index contributed by atoms with van der Waals surface area (Å²) < 4.78 is 0. The van der Waals surface area contributed by atoms with Crippen LogP contribution >= 0.6 is 0 Å². The summed E-state index contributed by atoms with van der Waals surface area (Å²) in [4.78, 5) is 13.0. The van der Waals surface area contributed by atoms with E-state index >= 15 is 0 Å². The van der Waals surface area contributed by atoms with E-state index in [-0.39, 0.29) is 12.0 Å². The Hall–Kier alpha value is -0.830. The van der Waals surface area contributed by atoms with Gasteiger partial charge in [-0.15, -0.1) is 0 Å². The number of carboxylic acid groups (broad SMARTS) is 1. The van der Waals surface area contributed by atoms with E-state index in [4.69, 9.17) is 5.11 Å². The van der Waals surface area contributed by atoms with E-state index in [1.165, 1.54) is 0 Å². The van der Waals surface area contributed by atoms with Crippen molar-refractivity contribution in [2.24, 2.45) is 5.92 Å². The second kappa shape index (κ2) is 2.59. The minimum Gasteiger partial charge on any atom is -0.481 e. The van der Waals surface area contributed by atoms with Crippen LogP contribution in [0.2, 0.25) is 0 Å². The molecule has 0 spiro atoms. The molecule has 0 radical (unpaired) electrons. The molecule has 0 saturated carbocycles. The summed E-state index contributed by atoms with van der Waals surface area (Å²) in [5.41, 5.74) is 0. The van der Waals surface area contributed by atoms with Crippen LogP contribution in [-0.4, -0.2) is 35.1 Å². The normalized spacial score (nSPS) is 40.2. The maximum Gasteiger partial charge on any atom is 0.311 e. The average Bonchev–Trinajstić information content (AvgIpc) is 2.32. The summed E-state index contributed by atoms with van der Waals surface area (Å²) in [5, 5.41) is 8.90. The molecule has 0 amide bonds. The van der Waals surface area contributed by atoms with Gasteiger partial charge in [0.2, 0.25) is 0 Å². The molecule has 0 aromatic rings. The summed E-state index contributed by atoms with van der Waals surface area (Å²) in [6, 6.07) is 0.725. The molecule has 2 bridgehead atoms. The first-order valence-electron chi connectivity index (χ1n) is 4.33. The van der Waals surface area contributed by atoms with Crippen LogP contribution in [0.5, 0.6) is 0 Å². The van der Waals surface area contributed by atoms with Crippen molar-refractivity contribution < 1.29 is 9.90 Å². The molecule has 0 aromatic heterocycles. The standard InChI is InChI=1S/C9H13NO2/c1-10-6-2-4-7(9(11)12)8(10)5-3-6/h2,4,6-8H,3,5H2,1H3,(H,11,12)/t6-,7?,8-/m1/s1. The third-order valence-corrected chi connectivity index (χ3v) is 3.04. The van der Waals surface area contributed by atoms with Gasteiger partial charge in [0.25, 0.3) is 0 Å². The third kappa shape index (κ3) is 0.966. The highest BCUT2D eigenvalue weighted by Gasteiger charge is 2.39. The van der Waals surface area contributed by atoms with Crippen molar-refractivity contribution in [1.82, 2.24) is 4.90 Å². The summed E-state index contributed by atoms with van der Waals surface area (Å²) >= 11 is 0. The first-order valence-corrected chi connectivity index (χ1v) is 4.33. The van der Waals surface area contributed by atoms with Gasteiger partial charge in [0.15, 0.2) is 0 Å². The zero-order chi connectivity index (χ0) is 8.72. The first kappa shape index (κ1) is 7.80. The molecule has 12 heavy (non-hydrogen) atoms. The fourth-order valence-electron chi connectivity index (χ4n) is 2.28. The van der Waals surface area contributed by atoms with Crippen LogP contribution in [0.15, 0.2) is 12.2 Å². The summed E-state index contributed by atoms with van der Waals surface area (Å²) in [6.45, 7) is 0. The molecular weight excluding hydrogens is 154 g/mol. The molecule has 3 nitrogen and oxygen atoms in total. The van der Waals surface area contributed by atoms with Crippen molar-refractivity contribution in [1.29, 1.82) is 0 Å². The van der Waals surface area contributed by atoms with E-state index in [0.717, 1.165) is 12.8 Å². The van der Waals surface area contributed by atoms with E-state index in [9.17, 15) is 4.79 Å². The van der Waals surface area contributed by atoms with Crippen LogP contribution in [-0.2, 0) is 4.79 Å². The van der Waals surface area contributed by atoms with Gasteiger partial charge in [0.1, 0.15) is 0 Å². The van der Waals surface area contributed by atoms with Gasteiger partial charge in [-0.25, -0.2) is 0 Å². The molecule has 1 fully saturated rings. The molecule has 66 valence electrons. The minimum atomic E-state index is -0.691. The number of aliphatic carboxylic acids is 1. The Bertz CT molecular complexity index is 237. The predicted molar refractivity (Wildman–Crippen MR) is 44.8 cm³/mol.